The lowest BCUT2D eigenvalue weighted by Crippen LogP contribution is -2.40. The number of rotatable bonds is 5. The van der Waals surface area contributed by atoms with Gasteiger partial charge in [-0.3, -0.25) is 14.5 Å². The van der Waals surface area contributed by atoms with Crippen molar-refractivity contribution in [2.75, 3.05) is 18.1 Å². The number of aryl methyl sites for hydroxylation is 2. The molecule has 5 heterocycles. The fourth-order valence-corrected chi connectivity index (χ4v) is 5.04. The molecule has 1 amide bonds. The summed E-state index contributed by atoms with van der Waals surface area (Å²) in [6.07, 6.45) is 12.2. The Kier molecular flexibility index (Phi) is 5.23. The van der Waals surface area contributed by atoms with Gasteiger partial charge in [0.05, 0.1) is 23.1 Å². The van der Waals surface area contributed by atoms with E-state index < -0.39 is 0 Å². The van der Waals surface area contributed by atoms with Crippen LogP contribution in [0.2, 0.25) is 0 Å². The predicted octanol–water partition coefficient (Wildman–Crippen LogP) is 3.24. The fourth-order valence-electron chi connectivity index (χ4n) is 5.04. The number of pyridine rings is 3. The molecule has 1 saturated carbocycles. The zero-order valence-corrected chi connectivity index (χ0v) is 21.2. The van der Waals surface area contributed by atoms with Crippen LogP contribution in [0.4, 0.5) is 11.6 Å². The summed E-state index contributed by atoms with van der Waals surface area (Å²) >= 11 is 0. The third-order valence-electron chi connectivity index (χ3n) is 7.24. The molecule has 1 fully saturated rings. The van der Waals surface area contributed by atoms with Crippen molar-refractivity contribution in [2.45, 2.75) is 31.7 Å². The number of carbonyl (C=O) groups is 1. The molecule has 6 rings (SSSR count). The van der Waals surface area contributed by atoms with Gasteiger partial charge in [-0.15, -0.1) is 0 Å². The maximum absolute atomic E-state index is 12.9. The number of hydrogen-bond acceptors (Lipinski definition) is 8. The number of nitrogen functional groups attached to an aromatic ring is 1. The third kappa shape index (κ3) is 4.19. The van der Waals surface area contributed by atoms with Crippen LogP contribution in [-0.2, 0) is 17.4 Å². The molecule has 188 valence electrons. The maximum atomic E-state index is 12.9. The highest BCUT2D eigenvalue weighted by atomic mass is 16.2. The van der Waals surface area contributed by atoms with Crippen LogP contribution in [0.25, 0.3) is 22.0 Å². The van der Waals surface area contributed by atoms with Crippen LogP contribution < -0.4 is 16.5 Å². The molecule has 0 saturated heterocycles. The number of amides is 1. The van der Waals surface area contributed by atoms with E-state index in [1.165, 1.54) is 0 Å². The molecule has 1 unspecified atom stereocenters. The average molecular weight is 496 g/mol. The van der Waals surface area contributed by atoms with E-state index >= 15 is 0 Å². The van der Waals surface area contributed by atoms with Gasteiger partial charge in [-0.1, -0.05) is 0 Å². The second kappa shape index (κ2) is 8.38. The number of nitrogens with zero attached hydrogens (tertiary/aromatic N) is 6. The first kappa shape index (κ1) is 23.1. The molecule has 10 nitrogen and oxygen atoms in total. The molecule has 2 aliphatic rings. The van der Waals surface area contributed by atoms with Crippen molar-refractivity contribution in [3.63, 3.8) is 0 Å². The fraction of sp³-hybridized carbons (Fsp3) is 0.296. The van der Waals surface area contributed by atoms with Crippen molar-refractivity contribution < 1.29 is 4.79 Å². The number of fused-ring (bicyclic) bond motifs is 1. The topological polar surface area (TPSA) is 127 Å². The van der Waals surface area contributed by atoms with Gasteiger partial charge < -0.3 is 16.1 Å². The third-order valence-corrected chi connectivity index (χ3v) is 7.24. The summed E-state index contributed by atoms with van der Waals surface area (Å²) in [5.74, 6) is 0.975. The Bertz CT molecular complexity index is 1580. The zero-order chi connectivity index (χ0) is 25.9. The van der Waals surface area contributed by atoms with Gasteiger partial charge in [0, 0.05) is 55.8 Å². The number of anilines is 2. The van der Waals surface area contributed by atoms with Gasteiger partial charge in [0.25, 0.3) is 0 Å². The highest BCUT2D eigenvalue weighted by Gasteiger charge is 2.44. The van der Waals surface area contributed by atoms with Gasteiger partial charge in [0.1, 0.15) is 11.6 Å². The summed E-state index contributed by atoms with van der Waals surface area (Å²) in [7, 11) is 3.84. The second-order valence-corrected chi connectivity index (χ2v) is 10.2. The number of nitrogens with one attached hydrogen (secondary N) is 2. The molecule has 10 heteroatoms. The maximum Gasteiger partial charge on any atom is 0.229 e. The van der Waals surface area contributed by atoms with Crippen molar-refractivity contribution in [2.24, 2.45) is 13.0 Å². The van der Waals surface area contributed by atoms with Gasteiger partial charge in [-0.25, -0.2) is 15.4 Å². The van der Waals surface area contributed by atoms with Crippen molar-refractivity contribution >= 4 is 28.3 Å². The van der Waals surface area contributed by atoms with Crippen LogP contribution in [0.3, 0.4) is 0 Å². The first-order valence-electron chi connectivity index (χ1n) is 12.2. The standard InChI is InChI=1S/C27H29N9O/c1-15-7-23(27(2)5-6-35(3)34-27)29-12-20(15)22-8-16-9-24(30-13-21(16)25(28)32-22)33-26(37)19-10-18(19)17-11-31-36(4)14-17/h5-9,11-14,18-19,34H,10H2,1-4H3,(H2,28,32)(H,30,33,37)/t18-,19+,27?/m1/s1. The van der Waals surface area contributed by atoms with Gasteiger partial charge in [-0.05, 0) is 67.0 Å². The van der Waals surface area contributed by atoms with Crippen molar-refractivity contribution in [3.8, 4) is 11.3 Å². The molecule has 3 atom stereocenters. The number of aromatic nitrogens is 5. The first-order valence-corrected chi connectivity index (χ1v) is 12.2. The van der Waals surface area contributed by atoms with E-state index in [1.807, 2.05) is 63.0 Å². The molecule has 0 spiro atoms. The smallest absolute Gasteiger partial charge is 0.229 e. The minimum absolute atomic E-state index is 0.0349. The van der Waals surface area contributed by atoms with Crippen LogP contribution in [0.5, 0.6) is 0 Å². The van der Waals surface area contributed by atoms with Crippen LogP contribution in [0.1, 0.15) is 36.1 Å². The lowest BCUT2D eigenvalue weighted by molar-refractivity contribution is -0.117. The summed E-state index contributed by atoms with van der Waals surface area (Å²) in [5.41, 5.74) is 14.0. The minimum Gasteiger partial charge on any atom is -0.383 e. The van der Waals surface area contributed by atoms with E-state index in [9.17, 15) is 4.79 Å². The van der Waals surface area contributed by atoms with Gasteiger partial charge in [0.2, 0.25) is 5.91 Å². The van der Waals surface area contributed by atoms with Crippen molar-refractivity contribution in [1.29, 1.82) is 0 Å². The van der Waals surface area contributed by atoms with Crippen LogP contribution in [0.15, 0.2) is 55.3 Å². The SMILES string of the molecule is Cc1cc(C2(C)C=CN(C)N2)ncc1-c1cc2cc(NC(=O)[C@H]3C[C@@H]3c3cnn(C)c3)ncc2c(N)n1. The number of hydrazine groups is 1. The van der Waals surface area contributed by atoms with E-state index in [0.717, 1.165) is 45.3 Å². The quantitative estimate of drug-likeness (QED) is 0.385. The molecule has 37 heavy (non-hydrogen) atoms. The Labute approximate surface area is 214 Å². The Morgan fingerprint density at radius 1 is 1.19 bits per heavy atom. The molecule has 4 N–H and O–H groups in total. The van der Waals surface area contributed by atoms with E-state index in [4.69, 9.17) is 10.7 Å². The van der Waals surface area contributed by atoms with Gasteiger partial charge in [0.15, 0.2) is 0 Å². The van der Waals surface area contributed by atoms with Crippen LogP contribution in [-0.4, -0.2) is 42.7 Å². The largest absolute Gasteiger partial charge is 0.383 e. The highest BCUT2D eigenvalue weighted by molar-refractivity contribution is 5.98. The van der Waals surface area contributed by atoms with E-state index in [0.29, 0.717) is 11.6 Å². The molecular weight excluding hydrogens is 466 g/mol. The summed E-state index contributed by atoms with van der Waals surface area (Å²) in [6, 6.07) is 5.88. The number of hydrogen-bond donors (Lipinski definition) is 3. The Hall–Kier alpha value is -4.31. The predicted molar refractivity (Wildman–Crippen MR) is 142 cm³/mol. The lowest BCUT2D eigenvalue weighted by Gasteiger charge is -2.25. The van der Waals surface area contributed by atoms with E-state index in [-0.39, 0.29) is 23.3 Å². The summed E-state index contributed by atoms with van der Waals surface area (Å²) < 4.78 is 1.76. The number of nitrogens with two attached hydrogens (primary N) is 1. The Morgan fingerprint density at radius 2 is 2.03 bits per heavy atom. The molecule has 1 aliphatic carbocycles. The van der Waals surface area contributed by atoms with Gasteiger partial charge in [-0.2, -0.15) is 5.10 Å². The number of carbonyl (C=O) groups excluding carboxylic acids is 1. The zero-order valence-electron chi connectivity index (χ0n) is 21.2. The lowest BCUT2D eigenvalue weighted by atomic mass is 9.95. The molecule has 0 radical (unpaired) electrons. The molecule has 0 aromatic carbocycles. The summed E-state index contributed by atoms with van der Waals surface area (Å²) in [5, 5.41) is 10.7. The first-order chi connectivity index (χ1) is 17.7. The van der Waals surface area contributed by atoms with Crippen LogP contribution in [0, 0.1) is 12.8 Å². The Morgan fingerprint density at radius 3 is 2.73 bits per heavy atom. The van der Waals surface area contributed by atoms with E-state index in [2.05, 4.69) is 44.9 Å². The van der Waals surface area contributed by atoms with Gasteiger partial charge >= 0.3 is 0 Å². The van der Waals surface area contributed by atoms with Crippen LogP contribution >= 0.6 is 0 Å². The molecular formula is C27H29N9O. The molecule has 4 aromatic heterocycles. The molecule has 0 bridgehead atoms. The van der Waals surface area contributed by atoms with Crippen molar-refractivity contribution in [1.82, 2.24) is 35.2 Å². The molecule has 4 aromatic rings. The van der Waals surface area contributed by atoms with E-state index in [1.54, 1.807) is 10.9 Å². The Balaban J connectivity index is 1.25. The highest BCUT2D eigenvalue weighted by Crippen LogP contribution is 2.47. The normalized spacial score (nSPS) is 22.5. The minimum atomic E-state index is -0.371. The summed E-state index contributed by atoms with van der Waals surface area (Å²) in [6.45, 7) is 4.13. The molecule has 1 aliphatic heterocycles. The summed E-state index contributed by atoms with van der Waals surface area (Å²) in [4.78, 5) is 26.6. The monoisotopic (exact) mass is 495 g/mol. The second-order valence-electron chi connectivity index (χ2n) is 10.2. The average Bonchev–Trinajstić information content (AvgIpc) is 3.42. The van der Waals surface area contributed by atoms with Crippen molar-refractivity contribution in [3.05, 3.63) is 72.1 Å².